The van der Waals surface area contributed by atoms with Gasteiger partial charge in [-0.25, -0.2) is 0 Å². The average molecular weight is 357 g/mol. The standard InChI is InChI=1S/C13H19F3N4O2.ClH/c1-20-7-9(4-19-20)10-5-17-6-11(10)12(21)18-2-3-22-8-13(14,15)16;/h4,7,10-11,17H,2-3,5-6,8H2,1H3,(H,18,21);1H/t10-,11+;/m1./s1. The van der Waals surface area contributed by atoms with Crippen molar-refractivity contribution in [2.45, 2.75) is 12.1 Å². The Balaban J connectivity index is 0.00000264. The predicted molar refractivity (Wildman–Crippen MR) is 79.4 cm³/mol. The molecule has 0 unspecified atom stereocenters. The van der Waals surface area contributed by atoms with Crippen LogP contribution in [0.1, 0.15) is 11.5 Å². The van der Waals surface area contributed by atoms with Crippen molar-refractivity contribution >= 4 is 18.3 Å². The van der Waals surface area contributed by atoms with Crippen LogP contribution in [0.5, 0.6) is 0 Å². The molecule has 0 aromatic carbocycles. The third kappa shape index (κ3) is 6.00. The maximum absolute atomic E-state index is 12.1. The molecule has 6 nitrogen and oxygen atoms in total. The summed E-state index contributed by atoms with van der Waals surface area (Å²) in [5.41, 5.74) is 0.973. The van der Waals surface area contributed by atoms with Gasteiger partial charge in [0.25, 0.3) is 0 Å². The van der Waals surface area contributed by atoms with Gasteiger partial charge in [-0.3, -0.25) is 9.48 Å². The van der Waals surface area contributed by atoms with Gasteiger partial charge in [0, 0.05) is 38.8 Å². The van der Waals surface area contributed by atoms with Gasteiger partial charge in [0.05, 0.1) is 18.7 Å². The molecule has 0 saturated carbocycles. The molecule has 1 saturated heterocycles. The zero-order valence-electron chi connectivity index (χ0n) is 12.6. The van der Waals surface area contributed by atoms with Crippen molar-refractivity contribution in [3.8, 4) is 0 Å². The number of aromatic nitrogens is 2. The molecule has 2 rings (SSSR count). The Hall–Kier alpha value is -1.32. The molecule has 0 bridgehead atoms. The molecule has 2 N–H and O–H groups in total. The van der Waals surface area contributed by atoms with E-state index in [1.54, 1.807) is 17.9 Å². The van der Waals surface area contributed by atoms with E-state index < -0.39 is 12.8 Å². The molecular formula is C13H20ClF3N4O2. The first-order valence-electron chi connectivity index (χ1n) is 6.98. The first-order chi connectivity index (χ1) is 10.4. The van der Waals surface area contributed by atoms with Crippen molar-refractivity contribution < 1.29 is 22.7 Å². The molecule has 0 radical (unpaired) electrons. The second kappa shape index (κ2) is 8.51. The van der Waals surface area contributed by atoms with Gasteiger partial charge in [-0.15, -0.1) is 12.4 Å². The number of hydrogen-bond acceptors (Lipinski definition) is 4. The highest BCUT2D eigenvalue weighted by Crippen LogP contribution is 2.27. The van der Waals surface area contributed by atoms with Crippen molar-refractivity contribution in [1.29, 1.82) is 0 Å². The van der Waals surface area contributed by atoms with E-state index in [4.69, 9.17) is 0 Å². The van der Waals surface area contributed by atoms with Gasteiger partial charge in [0.2, 0.25) is 5.91 Å². The molecule has 1 fully saturated rings. The fourth-order valence-corrected chi connectivity index (χ4v) is 2.50. The first-order valence-corrected chi connectivity index (χ1v) is 6.98. The molecule has 23 heavy (non-hydrogen) atoms. The number of aryl methyl sites for hydroxylation is 1. The third-order valence-electron chi connectivity index (χ3n) is 3.52. The van der Waals surface area contributed by atoms with Crippen molar-refractivity contribution in [3.05, 3.63) is 18.0 Å². The number of amides is 1. The van der Waals surface area contributed by atoms with Crippen LogP contribution in [0, 0.1) is 5.92 Å². The SMILES string of the molecule is Cl.Cn1cc([C@H]2CNC[C@@H]2C(=O)NCCOCC(F)(F)F)cn1. The number of nitrogens with one attached hydrogen (secondary N) is 2. The second-order valence-corrected chi connectivity index (χ2v) is 5.28. The summed E-state index contributed by atoms with van der Waals surface area (Å²) in [4.78, 5) is 12.1. The van der Waals surface area contributed by atoms with E-state index >= 15 is 0 Å². The monoisotopic (exact) mass is 356 g/mol. The number of carbonyl (C=O) groups is 1. The zero-order chi connectivity index (χ0) is 16.2. The van der Waals surface area contributed by atoms with Crippen LogP contribution in [-0.4, -0.2) is 54.7 Å². The summed E-state index contributed by atoms with van der Waals surface area (Å²) in [5, 5.41) is 9.87. The largest absolute Gasteiger partial charge is 0.411 e. The lowest BCUT2D eigenvalue weighted by molar-refractivity contribution is -0.173. The summed E-state index contributed by atoms with van der Waals surface area (Å²) >= 11 is 0. The van der Waals surface area contributed by atoms with E-state index in [9.17, 15) is 18.0 Å². The van der Waals surface area contributed by atoms with Crippen molar-refractivity contribution in [2.24, 2.45) is 13.0 Å². The highest BCUT2D eigenvalue weighted by atomic mass is 35.5. The summed E-state index contributed by atoms with van der Waals surface area (Å²) in [6.07, 6.45) is -0.750. The zero-order valence-corrected chi connectivity index (χ0v) is 13.4. The number of nitrogens with zero attached hydrogens (tertiary/aromatic N) is 2. The molecule has 132 valence electrons. The fraction of sp³-hybridized carbons (Fsp3) is 0.692. The lowest BCUT2D eigenvalue weighted by Crippen LogP contribution is -2.36. The van der Waals surface area contributed by atoms with Gasteiger partial charge in [-0.1, -0.05) is 0 Å². The van der Waals surface area contributed by atoms with Gasteiger partial charge >= 0.3 is 6.18 Å². The molecule has 1 aliphatic heterocycles. The second-order valence-electron chi connectivity index (χ2n) is 5.28. The van der Waals surface area contributed by atoms with Crippen LogP contribution in [0.25, 0.3) is 0 Å². The lowest BCUT2D eigenvalue weighted by Gasteiger charge is -2.17. The Morgan fingerprint density at radius 1 is 1.52 bits per heavy atom. The Labute approximate surface area is 138 Å². The number of carbonyl (C=O) groups excluding carboxylic acids is 1. The predicted octanol–water partition coefficient (Wildman–Crippen LogP) is 0.840. The molecule has 1 aromatic rings. The first kappa shape index (κ1) is 19.7. The maximum atomic E-state index is 12.1. The topological polar surface area (TPSA) is 68.2 Å². The molecule has 0 aliphatic carbocycles. The molecule has 1 aliphatic rings. The number of alkyl halides is 3. The highest BCUT2D eigenvalue weighted by molar-refractivity contribution is 5.85. The molecule has 10 heteroatoms. The van der Waals surface area contributed by atoms with Crippen LogP contribution in [-0.2, 0) is 16.6 Å². The van der Waals surface area contributed by atoms with Crippen LogP contribution in [0.2, 0.25) is 0 Å². The molecule has 1 aromatic heterocycles. The van der Waals surface area contributed by atoms with E-state index in [-0.39, 0.29) is 43.3 Å². The minimum Gasteiger partial charge on any atom is -0.370 e. The number of ether oxygens (including phenoxy) is 1. The Bertz CT molecular complexity index is 510. The molecule has 2 atom stereocenters. The van der Waals surface area contributed by atoms with Crippen LogP contribution >= 0.6 is 12.4 Å². The Morgan fingerprint density at radius 3 is 2.87 bits per heavy atom. The molecule has 0 spiro atoms. The summed E-state index contributed by atoms with van der Waals surface area (Å²) in [6, 6.07) is 0. The van der Waals surface area contributed by atoms with Gasteiger partial charge < -0.3 is 15.4 Å². The van der Waals surface area contributed by atoms with Gasteiger partial charge in [-0.05, 0) is 5.56 Å². The Morgan fingerprint density at radius 2 is 2.26 bits per heavy atom. The molecule has 1 amide bonds. The van der Waals surface area contributed by atoms with Gasteiger partial charge in [0.1, 0.15) is 6.61 Å². The van der Waals surface area contributed by atoms with Crippen LogP contribution < -0.4 is 10.6 Å². The third-order valence-corrected chi connectivity index (χ3v) is 3.52. The van der Waals surface area contributed by atoms with E-state index in [0.717, 1.165) is 5.56 Å². The molecule has 2 heterocycles. The summed E-state index contributed by atoms with van der Waals surface area (Å²) in [5.74, 6) is -0.425. The van der Waals surface area contributed by atoms with Crippen LogP contribution in [0.4, 0.5) is 13.2 Å². The minimum absolute atomic E-state index is 0. The summed E-state index contributed by atoms with van der Waals surface area (Å²) in [7, 11) is 1.80. The van der Waals surface area contributed by atoms with Crippen LogP contribution in [0.3, 0.4) is 0 Å². The van der Waals surface area contributed by atoms with E-state index in [1.807, 2.05) is 6.20 Å². The van der Waals surface area contributed by atoms with Crippen LogP contribution in [0.15, 0.2) is 12.4 Å². The quantitative estimate of drug-likeness (QED) is 0.741. The number of rotatable bonds is 6. The normalized spacial score (nSPS) is 21.0. The van der Waals surface area contributed by atoms with Crippen molar-refractivity contribution in [3.63, 3.8) is 0 Å². The van der Waals surface area contributed by atoms with Crippen molar-refractivity contribution in [1.82, 2.24) is 20.4 Å². The smallest absolute Gasteiger partial charge is 0.370 e. The number of hydrogen-bond donors (Lipinski definition) is 2. The van der Waals surface area contributed by atoms with E-state index in [2.05, 4.69) is 20.5 Å². The number of halogens is 4. The van der Waals surface area contributed by atoms with Crippen molar-refractivity contribution in [2.75, 3.05) is 32.8 Å². The Kier molecular flexibility index (Phi) is 7.30. The van der Waals surface area contributed by atoms with E-state index in [1.165, 1.54) is 0 Å². The fourth-order valence-electron chi connectivity index (χ4n) is 2.50. The average Bonchev–Trinajstić information content (AvgIpc) is 3.04. The van der Waals surface area contributed by atoms with Gasteiger partial charge in [-0.2, -0.15) is 18.3 Å². The van der Waals surface area contributed by atoms with E-state index in [0.29, 0.717) is 13.1 Å². The molecular weight excluding hydrogens is 337 g/mol. The lowest BCUT2D eigenvalue weighted by atomic mass is 9.90. The highest BCUT2D eigenvalue weighted by Gasteiger charge is 2.34. The summed E-state index contributed by atoms with van der Waals surface area (Å²) in [6.45, 7) is -0.191. The summed E-state index contributed by atoms with van der Waals surface area (Å²) < 4.78 is 41.8. The maximum Gasteiger partial charge on any atom is 0.411 e. The van der Waals surface area contributed by atoms with Gasteiger partial charge in [0.15, 0.2) is 0 Å². The minimum atomic E-state index is -4.34.